The van der Waals surface area contributed by atoms with E-state index in [2.05, 4.69) is 23.5 Å². The summed E-state index contributed by atoms with van der Waals surface area (Å²) in [4.78, 5) is 15.9. The second-order valence-electron chi connectivity index (χ2n) is 4.80. The molecule has 0 fully saturated rings. The van der Waals surface area contributed by atoms with E-state index in [0.717, 1.165) is 13.0 Å². The Balaban J connectivity index is 1.94. The van der Waals surface area contributed by atoms with Crippen LogP contribution in [-0.4, -0.2) is 27.1 Å². The largest absolute Gasteiger partial charge is 0.396 e. The van der Waals surface area contributed by atoms with Crippen molar-refractivity contribution in [3.8, 4) is 0 Å². The molecule has 2 aromatic heterocycles. The van der Waals surface area contributed by atoms with E-state index in [9.17, 15) is 4.79 Å². The van der Waals surface area contributed by atoms with Crippen LogP contribution in [0.4, 0.5) is 5.69 Å². The molecular weight excluding hydrogens is 260 g/mol. The Kier molecular flexibility index (Phi) is 2.82. The normalized spacial score (nSPS) is 18.4. The summed E-state index contributed by atoms with van der Waals surface area (Å²) in [6, 6.07) is 2.20. The standard InChI is InChI=1S/C13H16N4OS/c1-8-9-4-6-19-11(9)3-5-17(8)13(18)12-10(14)7-15-16(12)2/h4,6-8H,3,5,14H2,1-2H3. The van der Waals surface area contributed by atoms with Crippen molar-refractivity contribution in [2.75, 3.05) is 12.3 Å². The number of carbonyl (C=O) groups excluding carboxylic acids is 1. The molecule has 0 radical (unpaired) electrons. The third-order valence-electron chi connectivity index (χ3n) is 3.71. The molecule has 19 heavy (non-hydrogen) atoms. The van der Waals surface area contributed by atoms with Crippen LogP contribution in [0.5, 0.6) is 0 Å². The van der Waals surface area contributed by atoms with Crippen molar-refractivity contribution in [1.29, 1.82) is 0 Å². The fourth-order valence-corrected chi connectivity index (χ4v) is 3.60. The molecule has 0 aromatic carbocycles. The smallest absolute Gasteiger partial charge is 0.274 e. The van der Waals surface area contributed by atoms with E-state index in [1.807, 2.05) is 4.90 Å². The number of nitrogens with two attached hydrogens (primary N) is 1. The van der Waals surface area contributed by atoms with Gasteiger partial charge in [-0.15, -0.1) is 11.3 Å². The Morgan fingerprint density at radius 1 is 1.58 bits per heavy atom. The summed E-state index contributed by atoms with van der Waals surface area (Å²) in [5, 5.41) is 6.13. The third-order valence-corrected chi connectivity index (χ3v) is 4.70. The van der Waals surface area contributed by atoms with Crippen LogP contribution in [0.15, 0.2) is 17.6 Å². The van der Waals surface area contributed by atoms with Crippen molar-refractivity contribution in [1.82, 2.24) is 14.7 Å². The number of hydrogen-bond donors (Lipinski definition) is 1. The van der Waals surface area contributed by atoms with Crippen LogP contribution in [0.3, 0.4) is 0 Å². The van der Waals surface area contributed by atoms with Crippen LogP contribution in [0.2, 0.25) is 0 Å². The zero-order valence-electron chi connectivity index (χ0n) is 11.0. The first-order valence-corrected chi connectivity index (χ1v) is 7.12. The molecule has 1 aliphatic rings. The van der Waals surface area contributed by atoms with Crippen LogP contribution in [0, 0.1) is 0 Å². The fraction of sp³-hybridized carbons (Fsp3) is 0.385. The summed E-state index contributed by atoms with van der Waals surface area (Å²) in [6.45, 7) is 2.80. The van der Waals surface area contributed by atoms with Crippen molar-refractivity contribution in [2.24, 2.45) is 7.05 Å². The number of nitrogens with zero attached hydrogens (tertiary/aromatic N) is 3. The molecule has 2 aromatic rings. The first-order chi connectivity index (χ1) is 9.09. The number of rotatable bonds is 1. The van der Waals surface area contributed by atoms with Gasteiger partial charge in [0.1, 0.15) is 5.69 Å². The van der Waals surface area contributed by atoms with E-state index < -0.39 is 0 Å². The van der Waals surface area contributed by atoms with Gasteiger partial charge in [-0.3, -0.25) is 9.48 Å². The van der Waals surface area contributed by atoms with Crippen LogP contribution < -0.4 is 5.73 Å². The lowest BCUT2D eigenvalue weighted by Gasteiger charge is -2.33. The monoisotopic (exact) mass is 276 g/mol. The Labute approximate surface area is 115 Å². The summed E-state index contributed by atoms with van der Waals surface area (Å²) < 4.78 is 1.55. The number of hydrogen-bond acceptors (Lipinski definition) is 4. The third kappa shape index (κ3) is 1.83. The topological polar surface area (TPSA) is 64.2 Å². The lowest BCUT2D eigenvalue weighted by Crippen LogP contribution is -2.39. The zero-order valence-corrected chi connectivity index (χ0v) is 11.8. The molecule has 5 nitrogen and oxygen atoms in total. The fourth-order valence-electron chi connectivity index (χ4n) is 2.64. The second kappa shape index (κ2) is 4.38. The van der Waals surface area contributed by atoms with E-state index >= 15 is 0 Å². The quantitative estimate of drug-likeness (QED) is 0.864. The molecule has 1 atom stereocenters. The molecule has 1 aliphatic heterocycles. The Hall–Kier alpha value is -1.82. The van der Waals surface area contributed by atoms with E-state index in [0.29, 0.717) is 11.4 Å². The molecule has 1 unspecified atom stereocenters. The van der Waals surface area contributed by atoms with Crippen molar-refractivity contribution in [3.63, 3.8) is 0 Å². The maximum absolute atomic E-state index is 12.6. The summed E-state index contributed by atoms with van der Waals surface area (Å²) in [7, 11) is 1.74. The lowest BCUT2D eigenvalue weighted by molar-refractivity contribution is 0.0669. The molecule has 0 bridgehead atoms. The summed E-state index contributed by atoms with van der Waals surface area (Å²) in [6.07, 6.45) is 2.44. The van der Waals surface area contributed by atoms with Gasteiger partial charge in [0, 0.05) is 18.5 Å². The second-order valence-corrected chi connectivity index (χ2v) is 5.80. The van der Waals surface area contributed by atoms with Crippen molar-refractivity contribution in [3.05, 3.63) is 33.8 Å². The zero-order chi connectivity index (χ0) is 13.6. The molecular formula is C13H16N4OS. The van der Waals surface area contributed by atoms with Crippen LogP contribution >= 0.6 is 11.3 Å². The van der Waals surface area contributed by atoms with Crippen molar-refractivity contribution < 1.29 is 4.79 Å². The minimum atomic E-state index is -0.0400. The summed E-state index contributed by atoms with van der Waals surface area (Å²) in [5.41, 5.74) is 8.01. The van der Waals surface area contributed by atoms with Crippen LogP contribution in [0.1, 0.15) is 33.9 Å². The molecule has 3 rings (SSSR count). The highest BCUT2D eigenvalue weighted by Gasteiger charge is 2.31. The van der Waals surface area contributed by atoms with Gasteiger partial charge >= 0.3 is 0 Å². The first-order valence-electron chi connectivity index (χ1n) is 6.24. The molecule has 6 heteroatoms. The van der Waals surface area contributed by atoms with Gasteiger partial charge in [0.2, 0.25) is 0 Å². The maximum Gasteiger partial charge on any atom is 0.274 e. The average molecular weight is 276 g/mol. The van der Waals surface area contributed by atoms with Gasteiger partial charge in [-0.2, -0.15) is 5.10 Å². The molecule has 0 saturated carbocycles. The number of fused-ring (bicyclic) bond motifs is 1. The molecule has 100 valence electrons. The number of nitrogen functional groups attached to an aromatic ring is 1. The van der Waals surface area contributed by atoms with Gasteiger partial charge in [-0.1, -0.05) is 0 Å². The van der Waals surface area contributed by atoms with Gasteiger partial charge in [-0.05, 0) is 30.4 Å². The average Bonchev–Trinajstić information content (AvgIpc) is 2.97. The maximum atomic E-state index is 12.6. The Morgan fingerprint density at radius 2 is 2.37 bits per heavy atom. The van der Waals surface area contributed by atoms with Crippen molar-refractivity contribution in [2.45, 2.75) is 19.4 Å². The molecule has 3 heterocycles. The number of anilines is 1. The predicted molar refractivity (Wildman–Crippen MR) is 75.1 cm³/mol. The molecule has 0 saturated heterocycles. The lowest BCUT2D eigenvalue weighted by atomic mass is 10.0. The van der Waals surface area contributed by atoms with Crippen molar-refractivity contribution >= 4 is 22.9 Å². The highest BCUT2D eigenvalue weighted by atomic mass is 32.1. The predicted octanol–water partition coefficient (Wildman–Crippen LogP) is 1.82. The van der Waals surface area contributed by atoms with Gasteiger partial charge < -0.3 is 10.6 Å². The van der Waals surface area contributed by atoms with E-state index in [1.54, 1.807) is 23.1 Å². The van der Waals surface area contributed by atoms with Crippen LogP contribution in [0.25, 0.3) is 0 Å². The Morgan fingerprint density at radius 3 is 3.05 bits per heavy atom. The van der Waals surface area contributed by atoms with Gasteiger partial charge in [0.25, 0.3) is 5.91 Å². The van der Waals surface area contributed by atoms with E-state index in [-0.39, 0.29) is 11.9 Å². The van der Waals surface area contributed by atoms with Gasteiger partial charge in [0.05, 0.1) is 17.9 Å². The molecule has 0 spiro atoms. The number of amides is 1. The minimum Gasteiger partial charge on any atom is -0.396 e. The summed E-state index contributed by atoms with van der Waals surface area (Å²) in [5.74, 6) is -0.0400. The molecule has 2 N–H and O–H groups in total. The SMILES string of the molecule is CC1c2ccsc2CCN1C(=O)c1c(N)cnn1C. The first kappa shape index (κ1) is 12.2. The van der Waals surface area contributed by atoms with Crippen LogP contribution in [-0.2, 0) is 13.5 Å². The van der Waals surface area contributed by atoms with Gasteiger partial charge in [0.15, 0.2) is 0 Å². The molecule has 1 amide bonds. The minimum absolute atomic E-state index is 0.0400. The summed E-state index contributed by atoms with van der Waals surface area (Å²) >= 11 is 1.77. The number of aromatic nitrogens is 2. The highest BCUT2D eigenvalue weighted by molar-refractivity contribution is 7.10. The number of thiophene rings is 1. The number of aryl methyl sites for hydroxylation is 1. The van der Waals surface area contributed by atoms with Gasteiger partial charge in [-0.25, -0.2) is 0 Å². The Bertz CT molecular complexity index is 611. The number of carbonyl (C=O) groups is 1. The highest BCUT2D eigenvalue weighted by Crippen LogP contribution is 2.34. The van der Waals surface area contributed by atoms with E-state index in [1.165, 1.54) is 16.6 Å². The van der Waals surface area contributed by atoms with E-state index in [4.69, 9.17) is 5.73 Å². The molecule has 0 aliphatic carbocycles.